The number of imidazole rings is 1. The maximum Gasteiger partial charge on any atom is 0.226 e. The molecule has 0 aliphatic heterocycles. The van der Waals surface area contributed by atoms with E-state index < -0.39 is 9.84 Å². The second-order valence-electron chi connectivity index (χ2n) is 5.52. The molecule has 6 heteroatoms. The van der Waals surface area contributed by atoms with E-state index in [-0.39, 0.29) is 16.8 Å². The molecule has 1 heterocycles. The molecule has 1 unspecified atom stereocenters. The van der Waals surface area contributed by atoms with Crippen LogP contribution in [-0.4, -0.2) is 24.1 Å². The van der Waals surface area contributed by atoms with Crippen molar-refractivity contribution in [1.29, 1.82) is 0 Å². The van der Waals surface area contributed by atoms with Crippen LogP contribution in [0.25, 0.3) is 11.0 Å². The third-order valence-corrected chi connectivity index (χ3v) is 5.47. The van der Waals surface area contributed by atoms with Crippen molar-refractivity contribution in [3.8, 4) is 0 Å². The molecule has 0 spiro atoms. The summed E-state index contributed by atoms with van der Waals surface area (Å²) in [6, 6.07) is 5.15. The van der Waals surface area contributed by atoms with Gasteiger partial charge in [0.15, 0.2) is 0 Å². The lowest BCUT2D eigenvalue weighted by Gasteiger charge is -2.13. The summed E-state index contributed by atoms with van der Waals surface area (Å²) in [5.74, 6) is 0.340. The van der Waals surface area contributed by atoms with Gasteiger partial charge < -0.3 is 10.7 Å². The molecule has 5 nitrogen and oxygen atoms in total. The van der Waals surface area contributed by atoms with Crippen LogP contribution in [0.2, 0.25) is 0 Å². The monoisotopic (exact) mass is 309 g/mol. The lowest BCUT2D eigenvalue weighted by atomic mass is 10.0. The fraction of sp³-hybridized carbons (Fsp3) is 0.533. The first kappa shape index (κ1) is 15.8. The largest absolute Gasteiger partial charge is 0.399 e. The van der Waals surface area contributed by atoms with Crippen LogP contribution in [-0.2, 0) is 9.84 Å². The van der Waals surface area contributed by atoms with Gasteiger partial charge in [0.25, 0.3) is 0 Å². The number of H-pyrrole nitrogens is 1. The smallest absolute Gasteiger partial charge is 0.226 e. The summed E-state index contributed by atoms with van der Waals surface area (Å²) >= 11 is 0. The fourth-order valence-electron chi connectivity index (χ4n) is 2.44. The number of anilines is 1. The average molecular weight is 309 g/mol. The van der Waals surface area contributed by atoms with Gasteiger partial charge in [0.2, 0.25) is 15.0 Å². The van der Waals surface area contributed by atoms with Crippen LogP contribution in [0.3, 0.4) is 0 Å². The number of nitrogens with one attached hydrogen (secondary N) is 1. The number of aromatic amines is 1. The summed E-state index contributed by atoms with van der Waals surface area (Å²) in [4.78, 5) is 7.08. The molecule has 0 saturated carbocycles. The Labute approximate surface area is 125 Å². The molecule has 2 aromatic rings. The van der Waals surface area contributed by atoms with Gasteiger partial charge in [0.1, 0.15) is 0 Å². The Hall–Kier alpha value is -1.56. The van der Waals surface area contributed by atoms with E-state index in [1.807, 2.05) is 6.92 Å². The number of benzene rings is 1. The van der Waals surface area contributed by atoms with Crippen molar-refractivity contribution in [2.24, 2.45) is 5.92 Å². The van der Waals surface area contributed by atoms with E-state index in [2.05, 4.69) is 16.9 Å². The highest BCUT2D eigenvalue weighted by Crippen LogP contribution is 2.22. The second-order valence-corrected chi connectivity index (χ2v) is 7.47. The van der Waals surface area contributed by atoms with Gasteiger partial charge in [-0.1, -0.05) is 33.1 Å². The number of hydrogen-bond acceptors (Lipinski definition) is 4. The Kier molecular flexibility index (Phi) is 4.88. The highest BCUT2D eigenvalue weighted by atomic mass is 32.2. The Balaban J connectivity index is 2.24. The minimum Gasteiger partial charge on any atom is -0.399 e. The molecule has 0 amide bonds. The van der Waals surface area contributed by atoms with Gasteiger partial charge in [-0.15, -0.1) is 0 Å². The number of nitrogens with zero attached hydrogens (tertiary/aromatic N) is 1. The molecule has 0 saturated heterocycles. The van der Waals surface area contributed by atoms with Crippen molar-refractivity contribution in [1.82, 2.24) is 9.97 Å². The van der Waals surface area contributed by atoms with E-state index in [0.717, 1.165) is 25.7 Å². The van der Waals surface area contributed by atoms with E-state index in [4.69, 9.17) is 5.73 Å². The molecule has 2 rings (SSSR count). The predicted octanol–water partition coefficient (Wildman–Crippen LogP) is 3.14. The van der Waals surface area contributed by atoms with E-state index in [0.29, 0.717) is 16.7 Å². The summed E-state index contributed by atoms with van der Waals surface area (Å²) in [6.07, 6.45) is 3.96. The minimum atomic E-state index is -3.38. The third-order valence-electron chi connectivity index (χ3n) is 3.78. The minimum absolute atomic E-state index is 0.0537. The van der Waals surface area contributed by atoms with Gasteiger partial charge in [-0.25, -0.2) is 13.4 Å². The number of aromatic nitrogens is 2. The van der Waals surface area contributed by atoms with Crippen molar-refractivity contribution in [3.05, 3.63) is 18.2 Å². The fourth-order valence-corrected chi connectivity index (χ4v) is 4.12. The van der Waals surface area contributed by atoms with Crippen molar-refractivity contribution in [3.63, 3.8) is 0 Å². The van der Waals surface area contributed by atoms with Gasteiger partial charge in [0.05, 0.1) is 16.8 Å². The summed E-state index contributed by atoms with van der Waals surface area (Å²) in [5.41, 5.74) is 7.58. The van der Waals surface area contributed by atoms with Gasteiger partial charge in [-0.2, -0.15) is 0 Å². The third kappa shape index (κ3) is 3.75. The standard InChI is InChI=1S/C15H23N3O2S/c1-3-5-6-11(4-2)10-21(19,20)15-17-13-8-7-12(16)9-14(13)18-15/h7-9,11H,3-6,10,16H2,1-2H3,(H,17,18). The van der Waals surface area contributed by atoms with Gasteiger partial charge in [-0.3, -0.25) is 0 Å². The molecular weight excluding hydrogens is 286 g/mol. The molecule has 0 aliphatic carbocycles. The number of rotatable bonds is 7. The van der Waals surface area contributed by atoms with Crippen LogP contribution < -0.4 is 5.73 Å². The number of sulfone groups is 1. The summed E-state index contributed by atoms with van der Waals surface area (Å²) in [6.45, 7) is 4.15. The number of nitrogen functional groups attached to an aromatic ring is 1. The maximum absolute atomic E-state index is 12.5. The molecule has 0 fully saturated rings. The normalized spacial score (nSPS) is 13.6. The lowest BCUT2D eigenvalue weighted by Crippen LogP contribution is -2.17. The van der Waals surface area contributed by atoms with Crippen LogP contribution in [0.15, 0.2) is 23.4 Å². The quantitative estimate of drug-likeness (QED) is 0.769. The van der Waals surface area contributed by atoms with Gasteiger partial charge >= 0.3 is 0 Å². The SMILES string of the molecule is CCCCC(CC)CS(=O)(=O)c1nc2ccc(N)cc2[nH]1. The topological polar surface area (TPSA) is 88.8 Å². The van der Waals surface area contributed by atoms with Crippen LogP contribution in [0.4, 0.5) is 5.69 Å². The molecule has 1 aromatic heterocycles. The van der Waals surface area contributed by atoms with Crippen molar-refractivity contribution in [2.45, 2.75) is 44.7 Å². The molecular formula is C15H23N3O2S. The zero-order valence-corrected chi connectivity index (χ0v) is 13.4. The van der Waals surface area contributed by atoms with Crippen molar-refractivity contribution >= 4 is 26.6 Å². The molecule has 3 N–H and O–H groups in total. The molecule has 0 bridgehead atoms. The highest BCUT2D eigenvalue weighted by molar-refractivity contribution is 7.91. The molecule has 1 atom stereocenters. The zero-order valence-electron chi connectivity index (χ0n) is 12.6. The van der Waals surface area contributed by atoms with Gasteiger partial charge in [-0.05, 0) is 30.5 Å². The first-order valence-corrected chi connectivity index (χ1v) is 9.09. The number of hydrogen-bond donors (Lipinski definition) is 2. The Morgan fingerprint density at radius 3 is 2.76 bits per heavy atom. The van der Waals surface area contributed by atoms with E-state index in [1.165, 1.54) is 0 Å². The predicted molar refractivity (Wildman–Crippen MR) is 85.9 cm³/mol. The molecule has 0 aliphatic rings. The van der Waals surface area contributed by atoms with Crippen molar-refractivity contribution < 1.29 is 8.42 Å². The zero-order chi connectivity index (χ0) is 15.5. The van der Waals surface area contributed by atoms with E-state index in [9.17, 15) is 8.42 Å². The van der Waals surface area contributed by atoms with Gasteiger partial charge in [0, 0.05) is 5.69 Å². The first-order chi connectivity index (χ1) is 9.96. The maximum atomic E-state index is 12.5. The summed E-state index contributed by atoms with van der Waals surface area (Å²) < 4.78 is 25.0. The molecule has 116 valence electrons. The van der Waals surface area contributed by atoms with Crippen LogP contribution in [0.1, 0.15) is 39.5 Å². The first-order valence-electron chi connectivity index (χ1n) is 7.44. The molecule has 21 heavy (non-hydrogen) atoms. The van der Waals surface area contributed by atoms with E-state index in [1.54, 1.807) is 18.2 Å². The highest BCUT2D eigenvalue weighted by Gasteiger charge is 2.23. The van der Waals surface area contributed by atoms with Crippen LogP contribution in [0.5, 0.6) is 0 Å². The summed E-state index contributed by atoms with van der Waals surface area (Å²) in [5, 5.41) is 0.0537. The molecule has 1 aromatic carbocycles. The summed E-state index contributed by atoms with van der Waals surface area (Å²) in [7, 11) is -3.38. The Morgan fingerprint density at radius 2 is 2.10 bits per heavy atom. The number of unbranched alkanes of at least 4 members (excludes halogenated alkanes) is 1. The molecule has 0 radical (unpaired) electrons. The number of nitrogens with two attached hydrogens (primary N) is 1. The Bertz CT molecular complexity index is 707. The number of fused-ring (bicyclic) bond motifs is 1. The Morgan fingerprint density at radius 1 is 1.33 bits per heavy atom. The van der Waals surface area contributed by atoms with E-state index >= 15 is 0 Å². The van der Waals surface area contributed by atoms with Crippen LogP contribution in [0, 0.1) is 5.92 Å². The van der Waals surface area contributed by atoms with Crippen LogP contribution >= 0.6 is 0 Å². The lowest BCUT2D eigenvalue weighted by molar-refractivity contribution is 0.482. The average Bonchev–Trinajstić information content (AvgIpc) is 2.87. The second kappa shape index (κ2) is 6.47. The van der Waals surface area contributed by atoms with Crippen molar-refractivity contribution in [2.75, 3.05) is 11.5 Å².